The first-order chi connectivity index (χ1) is 14.0. The van der Waals surface area contributed by atoms with Crippen molar-refractivity contribution < 1.29 is 23.9 Å². The van der Waals surface area contributed by atoms with Crippen molar-refractivity contribution in [1.29, 1.82) is 0 Å². The van der Waals surface area contributed by atoms with Crippen LogP contribution in [0.5, 0.6) is 5.75 Å². The van der Waals surface area contributed by atoms with Crippen LogP contribution in [0.15, 0.2) is 22.7 Å². The molecule has 0 unspecified atom stereocenters. The van der Waals surface area contributed by atoms with E-state index in [-0.39, 0.29) is 24.3 Å². The molecule has 8 heteroatoms. The third-order valence-electron chi connectivity index (χ3n) is 5.27. The standard InChI is InChI=1S/C21H27BrN2O5/c1-2-28-18-9-8-14(22)12-16(18)21(27)24-11-10-23-20(26)17(24)13-19(25)29-15-6-4-3-5-7-15/h8-9,12,15,17H,2-7,10-11,13H2,1H3,(H,23,26)/t17-/m1/s1. The van der Waals surface area contributed by atoms with Gasteiger partial charge < -0.3 is 19.7 Å². The Morgan fingerprint density at radius 1 is 1.24 bits per heavy atom. The maximum atomic E-state index is 13.3. The van der Waals surface area contributed by atoms with Crippen molar-refractivity contribution in [1.82, 2.24) is 10.2 Å². The van der Waals surface area contributed by atoms with Crippen LogP contribution in [0.3, 0.4) is 0 Å². The van der Waals surface area contributed by atoms with Gasteiger partial charge in [-0.05, 0) is 50.8 Å². The molecule has 0 spiro atoms. The average molecular weight is 467 g/mol. The molecule has 2 aliphatic rings. The molecule has 2 fully saturated rings. The second-order valence-electron chi connectivity index (χ2n) is 7.33. The van der Waals surface area contributed by atoms with Gasteiger partial charge in [-0.2, -0.15) is 0 Å². The topological polar surface area (TPSA) is 84.9 Å². The van der Waals surface area contributed by atoms with Gasteiger partial charge in [0.25, 0.3) is 5.91 Å². The van der Waals surface area contributed by atoms with Crippen LogP contribution in [0, 0.1) is 0 Å². The molecule has 0 radical (unpaired) electrons. The zero-order valence-electron chi connectivity index (χ0n) is 16.6. The minimum Gasteiger partial charge on any atom is -0.493 e. The number of amides is 2. The number of halogens is 1. The molecule has 1 aromatic carbocycles. The lowest BCUT2D eigenvalue weighted by Crippen LogP contribution is -2.58. The number of nitrogens with zero attached hydrogens (tertiary/aromatic N) is 1. The molecule has 1 aliphatic heterocycles. The minimum atomic E-state index is -0.888. The molecule has 1 aromatic rings. The monoisotopic (exact) mass is 466 g/mol. The normalized spacial score (nSPS) is 20.1. The predicted molar refractivity (Wildman–Crippen MR) is 111 cm³/mol. The van der Waals surface area contributed by atoms with E-state index in [1.165, 1.54) is 4.90 Å². The number of ether oxygens (including phenoxy) is 2. The Morgan fingerprint density at radius 2 is 2.00 bits per heavy atom. The summed E-state index contributed by atoms with van der Waals surface area (Å²) in [6, 6.07) is 4.30. The molecule has 1 saturated heterocycles. The van der Waals surface area contributed by atoms with Gasteiger partial charge >= 0.3 is 5.97 Å². The molecule has 158 valence electrons. The molecule has 7 nitrogen and oxygen atoms in total. The van der Waals surface area contributed by atoms with Gasteiger partial charge in [-0.1, -0.05) is 22.4 Å². The van der Waals surface area contributed by atoms with Crippen LogP contribution in [0.2, 0.25) is 0 Å². The van der Waals surface area contributed by atoms with Gasteiger partial charge in [-0.3, -0.25) is 14.4 Å². The molecule has 0 bridgehead atoms. The molecule has 1 N–H and O–H groups in total. The van der Waals surface area contributed by atoms with Crippen LogP contribution in [-0.2, 0) is 14.3 Å². The largest absolute Gasteiger partial charge is 0.493 e. The van der Waals surface area contributed by atoms with Crippen LogP contribution < -0.4 is 10.1 Å². The highest BCUT2D eigenvalue weighted by molar-refractivity contribution is 9.10. The highest BCUT2D eigenvalue weighted by atomic mass is 79.9. The third kappa shape index (κ3) is 5.50. The number of nitrogens with one attached hydrogen (secondary N) is 1. The molecule has 2 amide bonds. The van der Waals surface area contributed by atoms with Crippen LogP contribution >= 0.6 is 15.9 Å². The van der Waals surface area contributed by atoms with Gasteiger partial charge in [0.2, 0.25) is 5.91 Å². The van der Waals surface area contributed by atoms with Crippen molar-refractivity contribution in [2.45, 2.75) is 57.6 Å². The molecule has 3 rings (SSSR count). The molecule has 0 aromatic heterocycles. The van der Waals surface area contributed by atoms with Crippen molar-refractivity contribution in [2.75, 3.05) is 19.7 Å². The van der Waals surface area contributed by atoms with E-state index in [0.717, 1.165) is 36.6 Å². The first-order valence-electron chi connectivity index (χ1n) is 10.2. The van der Waals surface area contributed by atoms with Crippen molar-refractivity contribution >= 4 is 33.7 Å². The second kappa shape index (κ2) is 10.1. The number of hydrogen-bond donors (Lipinski definition) is 1. The van der Waals surface area contributed by atoms with Gasteiger partial charge in [-0.25, -0.2) is 0 Å². The Morgan fingerprint density at radius 3 is 2.72 bits per heavy atom. The van der Waals surface area contributed by atoms with Crippen LogP contribution in [-0.4, -0.2) is 54.5 Å². The molecular weight excluding hydrogens is 440 g/mol. The fourth-order valence-electron chi connectivity index (χ4n) is 3.84. The van der Waals surface area contributed by atoms with E-state index in [1.807, 2.05) is 6.92 Å². The van der Waals surface area contributed by atoms with Crippen LogP contribution in [0.1, 0.15) is 55.8 Å². The summed E-state index contributed by atoms with van der Waals surface area (Å²) in [4.78, 5) is 39.7. The van der Waals surface area contributed by atoms with E-state index in [2.05, 4.69) is 21.2 Å². The first-order valence-corrected chi connectivity index (χ1v) is 11.0. The van der Waals surface area contributed by atoms with Crippen molar-refractivity contribution in [2.24, 2.45) is 0 Å². The number of esters is 1. The number of carbonyl (C=O) groups excluding carboxylic acids is 3. The maximum Gasteiger partial charge on any atom is 0.308 e. The Bertz CT molecular complexity index is 763. The minimum absolute atomic E-state index is 0.0818. The lowest BCUT2D eigenvalue weighted by Gasteiger charge is -2.35. The summed E-state index contributed by atoms with van der Waals surface area (Å²) < 4.78 is 11.9. The summed E-state index contributed by atoms with van der Waals surface area (Å²) >= 11 is 3.38. The maximum absolute atomic E-state index is 13.3. The molecule has 1 saturated carbocycles. The highest BCUT2D eigenvalue weighted by Gasteiger charge is 2.37. The smallest absolute Gasteiger partial charge is 0.308 e. The van der Waals surface area contributed by atoms with E-state index >= 15 is 0 Å². The van der Waals surface area contributed by atoms with E-state index in [1.54, 1.807) is 18.2 Å². The van der Waals surface area contributed by atoms with Gasteiger partial charge in [0.05, 0.1) is 18.6 Å². The van der Waals surface area contributed by atoms with Gasteiger partial charge in [0.1, 0.15) is 17.9 Å². The van der Waals surface area contributed by atoms with Gasteiger partial charge in [0, 0.05) is 17.6 Å². The molecule has 29 heavy (non-hydrogen) atoms. The fraction of sp³-hybridized carbons (Fsp3) is 0.571. The summed E-state index contributed by atoms with van der Waals surface area (Å²) in [7, 11) is 0. The summed E-state index contributed by atoms with van der Waals surface area (Å²) in [5, 5.41) is 2.75. The van der Waals surface area contributed by atoms with E-state index in [9.17, 15) is 14.4 Å². The SMILES string of the molecule is CCOc1ccc(Br)cc1C(=O)N1CCNC(=O)[C@H]1CC(=O)OC1CCCCC1. The Hall–Kier alpha value is -2.09. The number of rotatable bonds is 6. The number of hydrogen-bond acceptors (Lipinski definition) is 5. The average Bonchev–Trinajstić information content (AvgIpc) is 2.71. The first kappa shape index (κ1) is 21.6. The van der Waals surface area contributed by atoms with Crippen LogP contribution in [0.4, 0.5) is 0 Å². The highest BCUT2D eigenvalue weighted by Crippen LogP contribution is 2.27. The summed E-state index contributed by atoms with van der Waals surface area (Å²) in [6.45, 7) is 2.93. The molecule has 1 atom stereocenters. The van der Waals surface area contributed by atoms with Gasteiger partial charge in [-0.15, -0.1) is 0 Å². The quantitative estimate of drug-likeness (QED) is 0.651. The summed E-state index contributed by atoms with van der Waals surface area (Å²) in [6.07, 6.45) is 4.76. The molecular formula is C21H27BrN2O5. The third-order valence-corrected chi connectivity index (χ3v) is 5.77. The van der Waals surface area contributed by atoms with E-state index in [4.69, 9.17) is 9.47 Å². The summed E-state index contributed by atoms with van der Waals surface area (Å²) in [5.74, 6) is -0.649. The van der Waals surface area contributed by atoms with Gasteiger partial charge in [0.15, 0.2) is 0 Å². The van der Waals surface area contributed by atoms with Crippen molar-refractivity contribution in [3.05, 3.63) is 28.2 Å². The number of carbonyl (C=O) groups is 3. The Kier molecular flexibility index (Phi) is 7.52. The van der Waals surface area contributed by atoms with Crippen LogP contribution in [0.25, 0.3) is 0 Å². The van der Waals surface area contributed by atoms with E-state index in [0.29, 0.717) is 31.0 Å². The number of benzene rings is 1. The van der Waals surface area contributed by atoms with Crippen molar-refractivity contribution in [3.8, 4) is 5.75 Å². The number of piperazine rings is 1. The molecule has 1 heterocycles. The fourth-order valence-corrected chi connectivity index (χ4v) is 4.20. The second-order valence-corrected chi connectivity index (χ2v) is 8.25. The lowest BCUT2D eigenvalue weighted by molar-refractivity contribution is -0.153. The lowest BCUT2D eigenvalue weighted by atomic mass is 9.98. The van der Waals surface area contributed by atoms with E-state index < -0.39 is 12.0 Å². The zero-order chi connectivity index (χ0) is 20.8. The Labute approximate surface area is 179 Å². The zero-order valence-corrected chi connectivity index (χ0v) is 18.2. The van der Waals surface area contributed by atoms with Crippen molar-refractivity contribution in [3.63, 3.8) is 0 Å². The summed E-state index contributed by atoms with van der Waals surface area (Å²) in [5.41, 5.74) is 0.363. The molecule has 1 aliphatic carbocycles. The predicted octanol–water partition coefficient (Wildman–Crippen LogP) is 3.05. The Balaban J connectivity index is 1.75.